The standard InChI is InChI=1S/C25H21F3N4O2/c26-25(27,28)19-12-10-18(11-13-19)24-30-20-8-4-5-9-21(20)32(24)16-23(34)31(15-22(29)33)14-17-6-2-1-3-7-17/h1-13H,14-16H2,(H2,29,33). The Hall–Kier alpha value is -4.14. The predicted octanol–water partition coefficient (Wildman–Crippen LogP) is 4.24. The first kappa shape index (κ1) is 23.0. The number of para-hydroxylation sites is 2. The van der Waals surface area contributed by atoms with Crippen molar-refractivity contribution in [2.45, 2.75) is 19.3 Å². The minimum absolute atomic E-state index is 0.170. The summed E-state index contributed by atoms with van der Waals surface area (Å²) in [7, 11) is 0. The van der Waals surface area contributed by atoms with Crippen LogP contribution in [0.2, 0.25) is 0 Å². The van der Waals surface area contributed by atoms with Crippen molar-refractivity contribution in [1.29, 1.82) is 0 Å². The fraction of sp³-hybridized carbons (Fsp3) is 0.160. The number of amides is 2. The van der Waals surface area contributed by atoms with Gasteiger partial charge in [-0.15, -0.1) is 0 Å². The molecule has 4 rings (SSSR count). The molecule has 0 saturated heterocycles. The van der Waals surface area contributed by atoms with Crippen LogP contribution in [-0.4, -0.2) is 32.8 Å². The minimum atomic E-state index is -4.46. The Kier molecular flexibility index (Phi) is 6.36. The summed E-state index contributed by atoms with van der Waals surface area (Å²) >= 11 is 0. The third-order valence-electron chi connectivity index (χ3n) is 5.33. The zero-order valence-corrected chi connectivity index (χ0v) is 18.0. The van der Waals surface area contributed by atoms with Crippen molar-refractivity contribution in [3.63, 3.8) is 0 Å². The van der Waals surface area contributed by atoms with Crippen molar-refractivity contribution in [2.24, 2.45) is 5.73 Å². The number of halogens is 3. The van der Waals surface area contributed by atoms with Crippen molar-refractivity contribution < 1.29 is 22.8 Å². The Morgan fingerprint density at radius 2 is 1.56 bits per heavy atom. The van der Waals surface area contributed by atoms with E-state index in [0.29, 0.717) is 22.4 Å². The smallest absolute Gasteiger partial charge is 0.368 e. The van der Waals surface area contributed by atoms with E-state index in [1.165, 1.54) is 17.0 Å². The van der Waals surface area contributed by atoms with E-state index >= 15 is 0 Å². The number of alkyl halides is 3. The molecule has 2 amide bonds. The third-order valence-corrected chi connectivity index (χ3v) is 5.33. The summed E-state index contributed by atoms with van der Waals surface area (Å²) < 4.78 is 40.7. The molecule has 1 heterocycles. The summed E-state index contributed by atoms with van der Waals surface area (Å²) in [6.07, 6.45) is -4.46. The highest BCUT2D eigenvalue weighted by atomic mass is 19.4. The lowest BCUT2D eigenvalue weighted by molar-refractivity contribution is -0.137. The summed E-state index contributed by atoms with van der Waals surface area (Å²) in [5.74, 6) is -0.677. The molecule has 0 bridgehead atoms. The van der Waals surface area contributed by atoms with Crippen molar-refractivity contribution in [3.8, 4) is 11.4 Å². The summed E-state index contributed by atoms with van der Waals surface area (Å²) in [5, 5.41) is 0. The second kappa shape index (κ2) is 9.38. The number of carbonyl (C=O) groups is 2. The average Bonchev–Trinajstić information content (AvgIpc) is 3.17. The molecule has 9 heteroatoms. The first-order chi connectivity index (χ1) is 16.2. The van der Waals surface area contributed by atoms with E-state index in [2.05, 4.69) is 4.98 Å². The summed E-state index contributed by atoms with van der Waals surface area (Å²) in [6.45, 7) is -0.252. The molecule has 1 aromatic heterocycles. The second-order valence-corrected chi connectivity index (χ2v) is 7.79. The normalized spacial score (nSPS) is 11.5. The number of primary amides is 1. The van der Waals surface area contributed by atoms with E-state index in [9.17, 15) is 22.8 Å². The quantitative estimate of drug-likeness (QED) is 0.443. The molecule has 0 aliphatic heterocycles. The Morgan fingerprint density at radius 1 is 0.912 bits per heavy atom. The topological polar surface area (TPSA) is 81.2 Å². The van der Waals surface area contributed by atoms with Crippen molar-refractivity contribution >= 4 is 22.8 Å². The van der Waals surface area contributed by atoms with Crippen LogP contribution in [0.25, 0.3) is 22.4 Å². The molecule has 2 N–H and O–H groups in total. The van der Waals surface area contributed by atoms with Gasteiger partial charge in [0, 0.05) is 12.1 Å². The van der Waals surface area contributed by atoms with Gasteiger partial charge in [-0.2, -0.15) is 13.2 Å². The monoisotopic (exact) mass is 466 g/mol. The van der Waals surface area contributed by atoms with Gasteiger partial charge in [-0.3, -0.25) is 9.59 Å². The number of nitrogens with two attached hydrogens (primary N) is 1. The molecule has 174 valence electrons. The van der Waals surface area contributed by atoms with Gasteiger partial charge in [0.25, 0.3) is 0 Å². The van der Waals surface area contributed by atoms with E-state index in [4.69, 9.17) is 5.73 Å². The molecule has 0 unspecified atom stereocenters. The first-order valence-electron chi connectivity index (χ1n) is 10.5. The lowest BCUT2D eigenvalue weighted by atomic mass is 10.1. The number of hydrogen-bond acceptors (Lipinski definition) is 3. The second-order valence-electron chi connectivity index (χ2n) is 7.79. The van der Waals surface area contributed by atoms with Crippen molar-refractivity contribution in [1.82, 2.24) is 14.5 Å². The minimum Gasteiger partial charge on any atom is -0.368 e. The van der Waals surface area contributed by atoms with Gasteiger partial charge in [0.15, 0.2) is 0 Å². The van der Waals surface area contributed by atoms with Crippen LogP contribution >= 0.6 is 0 Å². The SMILES string of the molecule is NC(=O)CN(Cc1ccccc1)C(=O)Cn1c(-c2ccc(C(F)(F)F)cc2)nc2ccccc21. The molecule has 0 aliphatic rings. The average molecular weight is 466 g/mol. The van der Waals surface area contributed by atoms with Crippen LogP contribution in [0, 0.1) is 0 Å². The van der Waals surface area contributed by atoms with Crippen LogP contribution in [0.3, 0.4) is 0 Å². The van der Waals surface area contributed by atoms with Crippen LogP contribution in [0.1, 0.15) is 11.1 Å². The third kappa shape index (κ3) is 5.09. The predicted molar refractivity (Wildman–Crippen MR) is 121 cm³/mol. The molecule has 34 heavy (non-hydrogen) atoms. The first-order valence-corrected chi connectivity index (χ1v) is 10.5. The van der Waals surface area contributed by atoms with Gasteiger partial charge in [0.2, 0.25) is 11.8 Å². The van der Waals surface area contributed by atoms with E-state index in [1.54, 1.807) is 28.8 Å². The zero-order valence-electron chi connectivity index (χ0n) is 18.0. The highest BCUT2D eigenvalue weighted by molar-refractivity contribution is 5.87. The number of hydrogen-bond donors (Lipinski definition) is 1. The zero-order chi connectivity index (χ0) is 24.3. The maximum Gasteiger partial charge on any atom is 0.416 e. The molecule has 3 aromatic carbocycles. The lowest BCUT2D eigenvalue weighted by Gasteiger charge is -2.22. The highest BCUT2D eigenvalue weighted by Gasteiger charge is 2.30. The molecule has 0 aliphatic carbocycles. The van der Waals surface area contributed by atoms with E-state index in [1.807, 2.05) is 30.3 Å². The Labute approximate surface area is 193 Å². The molecule has 0 saturated carbocycles. The van der Waals surface area contributed by atoms with Crippen LogP contribution in [0.5, 0.6) is 0 Å². The van der Waals surface area contributed by atoms with Crippen LogP contribution < -0.4 is 5.73 Å². The van der Waals surface area contributed by atoms with Gasteiger partial charge in [0.05, 0.1) is 23.1 Å². The van der Waals surface area contributed by atoms with E-state index < -0.39 is 17.6 Å². The molecule has 0 fully saturated rings. The molecule has 4 aromatic rings. The maximum absolute atomic E-state index is 13.3. The van der Waals surface area contributed by atoms with E-state index in [0.717, 1.165) is 17.7 Å². The molecular weight excluding hydrogens is 445 g/mol. The van der Waals surface area contributed by atoms with Crippen molar-refractivity contribution in [3.05, 3.63) is 90.0 Å². The van der Waals surface area contributed by atoms with Gasteiger partial charge in [-0.1, -0.05) is 54.6 Å². The Bertz CT molecular complexity index is 1320. The highest BCUT2D eigenvalue weighted by Crippen LogP contribution is 2.32. The molecular formula is C25H21F3N4O2. The number of carbonyl (C=O) groups excluding carboxylic acids is 2. The molecule has 0 spiro atoms. The summed E-state index contributed by atoms with van der Waals surface area (Å²) in [4.78, 5) is 30.8. The lowest BCUT2D eigenvalue weighted by Crippen LogP contribution is -2.39. The largest absolute Gasteiger partial charge is 0.416 e. The fourth-order valence-electron chi connectivity index (χ4n) is 3.72. The van der Waals surface area contributed by atoms with Gasteiger partial charge in [-0.25, -0.2) is 4.98 Å². The molecule has 0 atom stereocenters. The number of imidazole rings is 1. The molecule has 6 nitrogen and oxygen atoms in total. The van der Waals surface area contributed by atoms with Crippen LogP contribution in [0.4, 0.5) is 13.2 Å². The van der Waals surface area contributed by atoms with Crippen LogP contribution in [0.15, 0.2) is 78.9 Å². The number of aromatic nitrogens is 2. The Morgan fingerprint density at radius 3 is 2.21 bits per heavy atom. The van der Waals surface area contributed by atoms with Gasteiger partial charge in [0.1, 0.15) is 12.4 Å². The number of rotatable bonds is 7. The Balaban J connectivity index is 1.70. The summed E-state index contributed by atoms with van der Waals surface area (Å²) in [6, 6.07) is 20.9. The number of fused-ring (bicyclic) bond motifs is 1. The van der Waals surface area contributed by atoms with Gasteiger partial charge in [-0.05, 0) is 29.8 Å². The number of nitrogens with zero attached hydrogens (tertiary/aromatic N) is 3. The fourth-order valence-corrected chi connectivity index (χ4v) is 3.72. The van der Waals surface area contributed by atoms with Crippen LogP contribution in [-0.2, 0) is 28.9 Å². The van der Waals surface area contributed by atoms with Gasteiger partial charge >= 0.3 is 6.18 Å². The molecule has 0 radical (unpaired) electrons. The van der Waals surface area contributed by atoms with Gasteiger partial charge < -0.3 is 15.2 Å². The van der Waals surface area contributed by atoms with E-state index in [-0.39, 0.29) is 25.5 Å². The number of benzene rings is 3. The maximum atomic E-state index is 13.3. The summed E-state index contributed by atoms with van der Waals surface area (Å²) in [5.41, 5.74) is 7.10. The van der Waals surface area contributed by atoms with Crippen molar-refractivity contribution in [2.75, 3.05) is 6.54 Å².